The molecule has 15 heteroatoms. The number of hydrogen-bond donors (Lipinski definition) is 6. The van der Waals surface area contributed by atoms with Crippen LogP contribution in [0, 0.1) is 24.7 Å². The molecule has 61 heavy (non-hydrogen) atoms. The van der Waals surface area contributed by atoms with Crippen molar-refractivity contribution in [3.8, 4) is 28.7 Å². The van der Waals surface area contributed by atoms with Crippen LogP contribution >= 0.6 is 0 Å². The minimum atomic E-state index is -2.02. The maximum absolute atomic E-state index is 14.7. The van der Waals surface area contributed by atoms with E-state index in [0.29, 0.717) is 37.7 Å². The zero-order valence-corrected chi connectivity index (χ0v) is 35.9. The first-order valence-electron chi connectivity index (χ1n) is 20.9. The number of fused-ring (bicyclic) bond motifs is 14. The highest BCUT2D eigenvalue weighted by molar-refractivity contribution is 6.22. The van der Waals surface area contributed by atoms with Crippen LogP contribution in [0.4, 0.5) is 11.4 Å². The number of methoxy groups -OCH3 is 1. The quantitative estimate of drug-likeness (QED) is 0.102. The molecule has 5 heterocycles. The number of allylic oxidation sites excluding steroid dienone is 3. The van der Waals surface area contributed by atoms with E-state index in [-0.39, 0.29) is 79.0 Å². The molecule has 5 bridgehead atoms. The molecule has 0 unspecified atom stereocenters. The number of aliphatic hydroxyl groups excluding tert-OH is 2. The van der Waals surface area contributed by atoms with Gasteiger partial charge < -0.3 is 54.6 Å². The van der Waals surface area contributed by atoms with Gasteiger partial charge in [-0.1, -0.05) is 39.0 Å². The van der Waals surface area contributed by atoms with E-state index >= 15 is 0 Å². The number of rotatable bonds is 3. The molecule has 6 aliphatic rings. The number of benzene rings is 3. The summed E-state index contributed by atoms with van der Waals surface area (Å²) in [5.41, 5.74) is -0.261. The van der Waals surface area contributed by atoms with Gasteiger partial charge in [0.1, 0.15) is 34.1 Å². The van der Waals surface area contributed by atoms with Crippen molar-refractivity contribution in [1.29, 1.82) is 0 Å². The summed E-state index contributed by atoms with van der Waals surface area (Å²) < 4.78 is 24.3. The predicted molar refractivity (Wildman–Crippen MR) is 231 cm³/mol. The lowest BCUT2D eigenvalue weighted by atomic mass is 9.86. The molecule has 1 amide bonds. The number of phenols is 2. The van der Waals surface area contributed by atoms with Gasteiger partial charge in [0.05, 0.1) is 35.5 Å². The van der Waals surface area contributed by atoms with Crippen molar-refractivity contribution in [2.45, 2.75) is 97.4 Å². The molecule has 0 saturated carbocycles. The highest BCUT2D eigenvalue weighted by Crippen LogP contribution is 2.51. The number of nitrogens with one attached hydrogen (secondary N) is 2. The van der Waals surface area contributed by atoms with E-state index in [4.69, 9.17) is 23.6 Å². The van der Waals surface area contributed by atoms with Crippen LogP contribution in [-0.4, -0.2) is 94.5 Å². The number of aromatic hydroxyl groups is 2. The smallest absolute Gasteiger partial charge is 0.312 e. The van der Waals surface area contributed by atoms with E-state index in [2.05, 4.69) is 15.5 Å². The molecular formula is C46H56N4O11. The number of piperidine rings is 1. The number of amides is 1. The first-order chi connectivity index (χ1) is 29.0. The van der Waals surface area contributed by atoms with Crippen molar-refractivity contribution in [2.75, 3.05) is 37.5 Å². The van der Waals surface area contributed by atoms with E-state index in [1.807, 2.05) is 27.0 Å². The molecule has 0 aromatic heterocycles. The van der Waals surface area contributed by atoms with E-state index in [0.717, 1.165) is 12.8 Å². The minimum Gasteiger partial charge on any atom is -0.507 e. The summed E-state index contributed by atoms with van der Waals surface area (Å²) in [5.74, 6) is -4.88. The first-order valence-corrected chi connectivity index (χ1v) is 20.9. The van der Waals surface area contributed by atoms with Gasteiger partial charge in [0.25, 0.3) is 11.7 Å². The summed E-state index contributed by atoms with van der Waals surface area (Å²) in [6.45, 7) is 11.6. The SMILES string of the molecule is CNC1CCN(c2cc(O)c3nc4c5c6c7c(C)c(O)c5c(=O)c(c-4oc3c2)NC(=O)/C(C)=C\C=C\[C@H](C)C[C@@H](C)C[C@@H](O)[C@H](O)[C@H](C)[C@@H](OC)/C=C/O[C@@](C)(O7)C6=O)CC1. The second kappa shape index (κ2) is 17.1. The van der Waals surface area contributed by atoms with Gasteiger partial charge in [0.2, 0.25) is 5.43 Å². The Morgan fingerprint density at radius 2 is 1.74 bits per heavy atom. The third kappa shape index (κ3) is 8.07. The third-order valence-corrected chi connectivity index (χ3v) is 12.6. The normalized spacial score (nSPS) is 29.1. The van der Waals surface area contributed by atoms with Crippen LogP contribution in [0.3, 0.4) is 0 Å². The number of aliphatic hydroxyl groups is 2. The Kier molecular flexibility index (Phi) is 12.2. The van der Waals surface area contributed by atoms with Gasteiger partial charge in [-0.2, -0.15) is 0 Å². The highest BCUT2D eigenvalue weighted by Gasteiger charge is 2.50. The maximum Gasteiger partial charge on any atom is 0.312 e. The van der Waals surface area contributed by atoms with Crippen molar-refractivity contribution in [3.05, 3.63) is 69.6 Å². The Labute approximate surface area is 354 Å². The fraction of sp³-hybridized carbons (Fsp3) is 0.478. The monoisotopic (exact) mass is 840 g/mol. The van der Waals surface area contributed by atoms with Gasteiger partial charge in [-0.15, -0.1) is 0 Å². The van der Waals surface area contributed by atoms with E-state index in [1.54, 1.807) is 38.1 Å². The van der Waals surface area contributed by atoms with Crippen molar-refractivity contribution < 1.29 is 48.6 Å². The zero-order valence-electron chi connectivity index (χ0n) is 35.9. The number of aromatic nitrogens is 1. The largest absolute Gasteiger partial charge is 0.507 e. The summed E-state index contributed by atoms with van der Waals surface area (Å²) in [7, 11) is 3.38. The summed E-state index contributed by atoms with van der Waals surface area (Å²) in [5, 5.41) is 51.0. The fourth-order valence-corrected chi connectivity index (χ4v) is 8.87. The molecule has 8 rings (SSSR count). The fourth-order valence-electron chi connectivity index (χ4n) is 8.87. The number of ketones is 1. The number of hydrogen-bond acceptors (Lipinski definition) is 14. The van der Waals surface area contributed by atoms with Crippen molar-refractivity contribution in [1.82, 2.24) is 10.3 Å². The molecule has 2 aromatic rings. The Balaban J connectivity index is 1.44. The van der Waals surface area contributed by atoms with Crippen LogP contribution < -0.4 is 25.7 Å². The standard InChI is InChI=1S/C46H56N4O11/c1-22-10-9-11-24(3)45(57)49-38-41(55)34-33(37-43(38)60-32-21-28(20-29(51)36(32)48-37)50-15-12-27(47-7)13-16-50)35-42(26(5)40(34)54)61-46(6,44(35)56)59-17-14-31(58-8)25(4)39(53)30(52)19-23(2)18-22/h9-11,14,17,20-23,25,27,30-31,39,47,51-54H,12-13,15-16,18-19H2,1-8H3,(H,49,57)/b10-9+,17-14+,24-11-/t22-,23+,25+,30+,31-,39+,46-/m0/s1. The van der Waals surface area contributed by atoms with Crippen molar-refractivity contribution in [3.63, 3.8) is 0 Å². The summed E-state index contributed by atoms with van der Waals surface area (Å²) >= 11 is 0. The Morgan fingerprint density at radius 1 is 1.02 bits per heavy atom. The van der Waals surface area contributed by atoms with Crippen LogP contribution in [0.2, 0.25) is 0 Å². The number of anilines is 2. The molecule has 5 aliphatic heterocycles. The number of carbonyl (C=O) groups is 2. The summed E-state index contributed by atoms with van der Waals surface area (Å²) in [6, 6.07) is 3.66. The molecule has 1 saturated heterocycles. The van der Waals surface area contributed by atoms with Gasteiger partial charge in [0, 0.05) is 73.4 Å². The average molecular weight is 841 g/mol. The lowest BCUT2D eigenvalue weighted by Gasteiger charge is -2.33. The van der Waals surface area contributed by atoms with Crippen molar-refractivity contribution >= 4 is 44.9 Å². The number of carbonyl (C=O) groups excluding carboxylic acids is 2. The molecule has 326 valence electrons. The molecule has 1 fully saturated rings. The van der Waals surface area contributed by atoms with Gasteiger partial charge in [0.15, 0.2) is 11.3 Å². The molecule has 1 aliphatic carbocycles. The molecule has 6 N–H and O–H groups in total. The lowest BCUT2D eigenvalue weighted by Crippen LogP contribution is -2.41. The van der Waals surface area contributed by atoms with Crippen LogP contribution in [0.5, 0.6) is 17.2 Å². The lowest BCUT2D eigenvalue weighted by molar-refractivity contribution is -0.112. The molecule has 2 aromatic carbocycles. The summed E-state index contributed by atoms with van der Waals surface area (Å²) in [6.07, 6.45) is 7.83. The zero-order chi connectivity index (χ0) is 44.1. The van der Waals surface area contributed by atoms with Gasteiger partial charge >= 0.3 is 5.79 Å². The molecule has 15 nitrogen and oxygen atoms in total. The second-order valence-electron chi connectivity index (χ2n) is 17.1. The minimum absolute atomic E-state index is 0.0190. The molecular weight excluding hydrogens is 785 g/mol. The average Bonchev–Trinajstić information content (AvgIpc) is 3.50. The molecule has 0 spiro atoms. The predicted octanol–water partition coefficient (Wildman–Crippen LogP) is 6.06. The number of phenolic OH excluding ortho intramolecular Hbond substituents is 2. The second-order valence-corrected chi connectivity index (χ2v) is 17.1. The first kappa shape index (κ1) is 43.6. The van der Waals surface area contributed by atoms with E-state index in [1.165, 1.54) is 33.3 Å². The maximum atomic E-state index is 14.7. The van der Waals surface area contributed by atoms with E-state index < -0.39 is 52.9 Å². The highest BCUT2D eigenvalue weighted by atomic mass is 16.7. The topological polar surface area (TPSA) is 213 Å². The Bertz CT molecular complexity index is 2490. The van der Waals surface area contributed by atoms with Crippen molar-refractivity contribution in [2.24, 2.45) is 17.8 Å². The van der Waals surface area contributed by atoms with Crippen LogP contribution in [0.1, 0.15) is 76.2 Å². The Morgan fingerprint density at radius 3 is 2.43 bits per heavy atom. The van der Waals surface area contributed by atoms with Gasteiger partial charge in [-0.05, 0) is 64.5 Å². The Hall–Kier alpha value is -5.48. The van der Waals surface area contributed by atoms with Crippen LogP contribution in [0.25, 0.3) is 33.3 Å². The third-order valence-electron chi connectivity index (χ3n) is 12.6. The van der Waals surface area contributed by atoms with Crippen LogP contribution in [-0.2, 0) is 14.3 Å². The number of nitrogens with zero attached hydrogens (tertiary/aromatic N) is 2. The molecule has 7 atom stereocenters. The van der Waals surface area contributed by atoms with E-state index in [9.17, 15) is 34.8 Å². The summed E-state index contributed by atoms with van der Waals surface area (Å²) in [4.78, 5) is 50.2. The molecule has 0 radical (unpaired) electrons. The van der Waals surface area contributed by atoms with Gasteiger partial charge in [-0.25, -0.2) is 4.98 Å². The van der Waals surface area contributed by atoms with Gasteiger partial charge in [-0.3, -0.25) is 14.4 Å². The number of Topliss-reactive ketones (excluding diaryl/α,β-unsaturated/α-hetero) is 1. The van der Waals surface area contributed by atoms with Crippen LogP contribution in [0.15, 0.2) is 57.5 Å². The number of ether oxygens (including phenoxy) is 3.